The second kappa shape index (κ2) is 9.95. The molecule has 10 heteroatoms. The Hall–Kier alpha value is -1.56. The highest BCUT2D eigenvalue weighted by molar-refractivity contribution is 14.0. The highest BCUT2D eigenvalue weighted by atomic mass is 127. The van der Waals surface area contributed by atoms with Gasteiger partial charge in [-0.1, -0.05) is 12.1 Å². The molecule has 1 aromatic carbocycles. The molecule has 0 fully saturated rings. The van der Waals surface area contributed by atoms with Crippen LogP contribution in [0.1, 0.15) is 21.1 Å². The van der Waals surface area contributed by atoms with Crippen molar-refractivity contribution in [2.45, 2.75) is 33.2 Å². The molecule has 0 aliphatic carbocycles. The molecule has 0 bridgehead atoms. The summed E-state index contributed by atoms with van der Waals surface area (Å²) >= 11 is 1.66. The minimum Gasteiger partial charge on any atom is -0.406 e. The number of benzene rings is 1. The number of nitrogens with one attached hydrogen (secondary N) is 1. The number of thiazole rings is 1. The van der Waals surface area contributed by atoms with Crippen LogP contribution in [0.15, 0.2) is 29.3 Å². The number of hydrogen-bond acceptors (Lipinski definition) is 4. The highest BCUT2D eigenvalue weighted by Gasteiger charge is 2.30. The zero-order valence-electron chi connectivity index (χ0n) is 14.3. The lowest BCUT2D eigenvalue weighted by Crippen LogP contribution is -2.33. The van der Waals surface area contributed by atoms with E-state index >= 15 is 0 Å². The first-order valence-electron chi connectivity index (χ1n) is 7.54. The summed E-state index contributed by atoms with van der Waals surface area (Å²) < 4.78 is 40.1. The van der Waals surface area contributed by atoms with Crippen molar-refractivity contribution in [3.8, 4) is 5.75 Å². The number of alkyl halides is 3. The van der Waals surface area contributed by atoms with Gasteiger partial charge in [0, 0.05) is 17.8 Å². The Morgan fingerprint density at radius 1 is 1.27 bits per heavy atom. The fraction of sp³-hybridized carbons (Fsp3) is 0.375. The number of rotatable bonds is 6. The van der Waals surface area contributed by atoms with E-state index in [-0.39, 0.29) is 42.2 Å². The molecule has 0 amide bonds. The highest BCUT2D eigenvalue weighted by Crippen LogP contribution is 2.22. The fourth-order valence-electron chi connectivity index (χ4n) is 1.97. The molecule has 0 aliphatic heterocycles. The Morgan fingerprint density at radius 3 is 2.46 bits per heavy atom. The van der Waals surface area contributed by atoms with Gasteiger partial charge in [-0.25, -0.2) is 9.98 Å². The van der Waals surface area contributed by atoms with Crippen LogP contribution >= 0.6 is 35.3 Å². The summed E-state index contributed by atoms with van der Waals surface area (Å²) in [4.78, 5) is 9.80. The second-order valence-corrected chi connectivity index (χ2v) is 6.61. The maximum absolute atomic E-state index is 12.1. The molecule has 1 aromatic heterocycles. The van der Waals surface area contributed by atoms with Gasteiger partial charge >= 0.3 is 6.36 Å². The molecule has 2 rings (SSSR count). The van der Waals surface area contributed by atoms with Crippen LogP contribution in [0.4, 0.5) is 13.2 Å². The van der Waals surface area contributed by atoms with Crippen LogP contribution in [-0.2, 0) is 13.0 Å². The van der Waals surface area contributed by atoms with Crippen LogP contribution in [0.5, 0.6) is 5.75 Å². The third kappa shape index (κ3) is 7.77. The average molecular weight is 500 g/mol. The molecule has 3 N–H and O–H groups in total. The van der Waals surface area contributed by atoms with E-state index in [0.29, 0.717) is 6.54 Å². The normalized spacial score (nSPS) is 11.8. The lowest BCUT2D eigenvalue weighted by molar-refractivity contribution is -0.274. The monoisotopic (exact) mass is 500 g/mol. The fourth-order valence-corrected chi connectivity index (χ4v) is 2.91. The van der Waals surface area contributed by atoms with Gasteiger partial charge in [0.15, 0.2) is 5.96 Å². The minimum atomic E-state index is -4.69. The topological polar surface area (TPSA) is 72.5 Å². The van der Waals surface area contributed by atoms with Gasteiger partial charge in [0.05, 0.1) is 17.2 Å². The number of aryl methyl sites for hydroxylation is 2. The predicted molar refractivity (Wildman–Crippen MR) is 107 cm³/mol. The van der Waals surface area contributed by atoms with Crippen molar-refractivity contribution in [3.63, 3.8) is 0 Å². The number of guanidine groups is 1. The van der Waals surface area contributed by atoms with Crippen LogP contribution in [0.25, 0.3) is 0 Å². The molecule has 1 heterocycles. The van der Waals surface area contributed by atoms with Crippen LogP contribution in [0, 0.1) is 13.8 Å². The Balaban J connectivity index is 0.00000338. The van der Waals surface area contributed by atoms with Gasteiger partial charge in [0.2, 0.25) is 0 Å². The second-order valence-electron chi connectivity index (χ2n) is 5.32. The van der Waals surface area contributed by atoms with Gasteiger partial charge in [-0.05, 0) is 31.5 Å². The number of halogens is 4. The molecule has 0 saturated heterocycles. The van der Waals surface area contributed by atoms with Gasteiger partial charge < -0.3 is 15.8 Å². The number of aliphatic imine (C=N–C) groups is 1. The number of nitrogens with zero attached hydrogens (tertiary/aromatic N) is 2. The first-order chi connectivity index (χ1) is 11.7. The SMILES string of the molecule is Cc1nc(CCNC(N)=NCc2ccc(OC(F)(F)F)cc2)sc1C.I. The Labute approximate surface area is 170 Å². The van der Waals surface area contributed by atoms with E-state index in [2.05, 4.69) is 20.0 Å². The van der Waals surface area contributed by atoms with Crippen molar-refractivity contribution in [1.82, 2.24) is 10.3 Å². The molecule has 5 nitrogen and oxygen atoms in total. The predicted octanol–water partition coefficient (Wildman–Crippen LogP) is 3.92. The molecular formula is C16H20F3IN4OS. The van der Waals surface area contributed by atoms with E-state index in [0.717, 1.165) is 22.7 Å². The standard InChI is InChI=1S/C16H19F3N4OS.HI/c1-10-11(2)25-14(23-10)7-8-21-15(20)22-9-12-3-5-13(6-4-12)24-16(17,18)19;/h3-6H,7-9H2,1-2H3,(H3,20,21,22);1H. The quantitative estimate of drug-likeness (QED) is 0.359. The van der Waals surface area contributed by atoms with Gasteiger partial charge in [0.25, 0.3) is 0 Å². The average Bonchev–Trinajstić information content (AvgIpc) is 2.83. The van der Waals surface area contributed by atoms with Crippen molar-refractivity contribution < 1.29 is 17.9 Å². The Kier molecular flexibility index (Phi) is 8.60. The van der Waals surface area contributed by atoms with Crippen LogP contribution in [0.3, 0.4) is 0 Å². The van der Waals surface area contributed by atoms with E-state index in [1.807, 2.05) is 13.8 Å². The van der Waals surface area contributed by atoms with E-state index < -0.39 is 6.36 Å². The van der Waals surface area contributed by atoms with Crippen molar-refractivity contribution in [2.75, 3.05) is 6.54 Å². The molecule has 26 heavy (non-hydrogen) atoms. The molecule has 0 unspecified atom stereocenters. The summed E-state index contributed by atoms with van der Waals surface area (Å²) in [6.07, 6.45) is -3.94. The zero-order chi connectivity index (χ0) is 18.4. The van der Waals surface area contributed by atoms with Crippen LogP contribution < -0.4 is 15.8 Å². The Morgan fingerprint density at radius 2 is 1.92 bits per heavy atom. The van der Waals surface area contributed by atoms with Crippen molar-refractivity contribution in [2.24, 2.45) is 10.7 Å². The van der Waals surface area contributed by atoms with Crippen molar-refractivity contribution in [1.29, 1.82) is 0 Å². The van der Waals surface area contributed by atoms with E-state index in [9.17, 15) is 13.2 Å². The molecule has 144 valence electrons. The number of hydrogen-bond donors (Lipinski definition) is 2. The molecule has 0 atom stereocenters. The molecule has 2 aromatic rings. The summed E-state index contributed by atoms with van der Waals surface area (Å²) in [7, 11) is 0. The summed E-state index contributed by atoms with van der Waals surface area (Å²) in [5.41, 5.74) is 7.55. The lowest BCUT2D eigenvalue weighted by Gasteiger charge is -2.09. The molecular weight excluding hydrogens is 480 g/mol. The Bertz CT molecular complexity index is 713. The number of nitrogens with two attached hydrogens (primary N) is 1. The van der Waals surface area contributed by atoms with Gasteiger partial charge in [-0.3, -0.25) is 0 Å². The third-order valence-electron chi connectivity index (χ3n) is 3.31. The van der Waals surface area contributed by atoms with Gasteiger partial charge in [0.1, 0.15) is 5.75 Å². The van der Waals surface area contributed by atoms with E-state index in [4.69, 9.17) is 5.73 Å². The maximum atomic E-state index is 12.1. The number of ether oxygens (including phenoxy) is 1. The number of aromatic nitrogens is 1. The van der Waals surface area contributed by atoms with Crippen molar-refractivity contribution >= 4 is 41.3 Å². The first kappa shape index (κ1) is 22.5. The molecule has 0 radical (unpaired) electrons. The van der Waals surface area contributed by atoms with Gasteiger partial charge in [-0.2, -0.15) is 0 Å². The molecule has 0 aliphatic rings. The van der Waals surface area contributed by atoms with Crippen molar-refractivity contribution in [3.05, 3.63) is 45.4 Å². The van der Waals surface area contributed by atoms with Crippen LogP contribution in [-0.4, -0.2) is 23.9 Å². The minimum absolute atomic E-state index is 0. The maximum Gasteiger partial charge on any atom is 0.573 e. The van der Waals surface area contributed by atoms with E-state index in [1.54, 1.807) is 11.3 Å². The largest absolute Gasteiger partial charge is 0.573 e. The third-order valence-corrected chi connectivity index (χ3v) is 4.44. The summed E-state index contributed by atoms with van der Waals surface area (Å²) in [6.45, 7) is 4.88. The summed E-state index contributed by atoms with van der Waals surface area (Å²) in [6, 6.07) is 5.52. The smallest absolute Gasteiger partial charge is 0.406 e. The van der Waals surface area contributed by atoms with Crippen LogP contribution in [0.2, 0.25) is 0 Å². The molecule has 0 saturated carbocycles. The zero-order valence-corrected chi connectivity index (χ0v) is 17.4. The first-order valence-corrected chi connectivity index (χ1v) is 8.36. The van der Waals surface area contributed by atoms with Gasteiger partial charge in [-0.15, -0.1) is 48.5 Å². The van der Waals surface area contributed by atoms with E-state index in [1.165, 1.54) is 29.1 Å². The lowest BCUT2D eigenvalue weighted by atomic mass is 10.2. The summed E-state index contributed by atoms with van der Waals surface area (Å²) in [5.74, 6) is 0.0148. The molecule has 0 spiro atoms. The summed E-state index contributed by atoms with van der Waals surface area (Å²) in [5, 5.41) is 4.03.